The first-order valence-corrected chi connectivity index (χ1v) is 7.70. The average molecular weight is 327 g/mol. The van der Waals surface area contributed by atoms with Gasteiger partial charge in [-0.1, -0.05) is 37.1 Å². The predicted molar refractivity (Wildman–Crippen MR) is 86.1 cm³/mol. The molecule has 0 bridgehead atoms. The second-order valence-electron chi connectivity index (χ2n) is 6.41. The SMILES string of the molecule is CCC[C@](CC(=O)OC(C)(C)C)(C(=O)O)c1ccc(Cl)cc1. The van der Waals surface area contributed by atoms with Crippen molar-refractivity contribution in [2.45, 2.75) is 58.0 Å². The largest absolute Gasteiger partial charge is 0.481 e. The van der Waals surface area contributed by atoms with Crippen molar-refractivity contribution in [3.8, 4) is 0 Å². The van der Waals surface area contributed by atoms with E-state index < -0.39 is 23.0 Å². The molecule has 122 valence electrons. The van der Waals surface area contributed by atoms with Crippen molar-refractivity contribution in [1.82, 2.24) is 0 Å². The molecule has 0 heterocycles. The Morgan fingerprint density at radius 1 is 1.18 bits per heavy atom. The third kappa shape index (κ3) is 4.73. The Bertz CT molecular complexity index is 531. The maximum atomic E-state index is 12.2. The molecule has 1 aromatic carbocycles. The van der Waals surface area contributed by atoms with Crippen LogP contribution in [0.2, 0.25) is 5.02 Å². The molecule has 5 heteroatoms. The zero-order valence-electron chi connectivity index (χ0n) is 13.5. The molecule has 0 saturated carbocycles. The summed E-state index contributed by atoms with van der Waals surface area (Å²) in [5, 5.41) is 10.3. The van der Waals surface area contributed by atoms with Crippen molar-refractivity contribution in [2.24, 2.45) is 0 Å². The minimum atomic E-state index is -1.29. The van der Waals surface area contributed by atoms with Crippen LogP contribution in [0.4, 0.5) is 0 Å². The quantitative estimate of drug-likeness (QED) is 0.796. The van der Waals surface area contributed by atoms with Gasteiger partial charge in [0.15, 0.2) is 0 Å². The summed E-state index contributed by atoms with van der Waals surface area (Å²) >= 11 is 5.87. The highest BCUT2D eigenvalue weighted by atomic mass is 35.5. The van der Waals surface area contributed by atoms with Crippen molar-refractivity contribution in [1.29, 1.82) is 0 Å². The van der Waals surface area contributed by atoms with E-state index in [-0.39, 0.29) is 6.42 Å². The van der Waals surface area contributed by atoms with E-state index in [4.69, 9.17) is 16.3 Å². The van der Waals surface area contributed by atoms with Gasteiger partial charge >= 0.3 is 11.9 Å². The molecule has 22 heavy (non-hydrogen) atoms. The summed E-state index contributed by atoms with van der Waals surface area (Å²) in [6.07, 6.45) is 0.788. The van der Waals surface area contributed by atoms with Gasteiger partial charge in [0, 0.05) is 5.02 Å². The monoisotopic (exact) mass is 326 g/mol. The Kier molecular flexibility index (Phi) is 6.00. The van der Waals surface area contributed by atoms with Crippen LogP contribution in [0.1, 0.15) is 52.5 Å². The molecule has 0 aromatic heterocycles. The highest BCUT2D eigenvalue weighted by Gasteiger charge is 2.42. The average Bonchev–Trinajstić information content (AvgIpc) is 2.36. The third-order valence-electron chi connectivity index (χ3n) is 3.35. The number of rotatable bonds is 6. The molecule has 1 N–H and O–H groups in total. The van der Waals surface area contributed by atoms with Gasteiger partial charge in [0.2, 0.25) is 0 Å². The first-order chi connectivity index (χ1) is 10.1. The summed E-state index contributed by atoms with van der Waals surface area (Å²) in [4.78, 5) is 24.1. The number of carbonyl (C=O) groups is 2. The number of carboxylic acids is 1. The van der Waals surface area contributed by atoms with Crippen molar-refractivity contribution < 1.29 is 19.4 Å². The lowest BCUT2D eigenvalue weighted by Crippen LogP contribution is -2.40. The van der Waals surface area contributed by atoms with Gasteiger partial charge in [0.05, 0.1) is 6.42 Å². The molecule has 1 aromatic rings. The lowest BCUT2D eigenvalue weighted by molar-refractivity contribution is -0.161. The lowest BCUT2D eigenvalue weighted by Gasteiger charge is -2.30. The number of ether oxygens (including phenoxy) is 1. The summed E-state index contributed by atoms with van der Waals surface area (Å²) in [5.41, 5.74) is -1.37. The number of hydrogen-bond acceptors (Lipinski definition) is 3. The molecule has 0 aliphatic heterocycles. The maximum Gasteiger partial charge on any atom is 0.314 e. The van der Waals surface area contributed by atoms with Gasteiger partial charge in [-0.05, 0) is 44.9 Å². The second-order valence-corrected chi connectivity index (χ2v) is 6.84. The van der Waals surface area contributed by atoms with E-state index >= 15 is 0 Å². The van der Waals surface area contributed by atoms with E-state index in [9.17, 15) is 14.7 Å². The van der Waals surface area contributed by atoms with Gasteiger partial charge in [-0.25, -0.2) is 0 Å². The van der Waals surface area contributed by atoms with Crippen LogP contribution >= 0.6 is 11.6 Å². The maximum absolute atomic E-state index is 12.2. The predicted octanol–water partition coefficient (Wildman–Crippen LogP) is 4.19. The van der Waals surface area contributed by atoms with Crippen molar-refractivity contribution in [2.75, 3.05) is 0 Å². The topological polar surface area (TPSA) is 63.6 Å². The molecule has 0 aliphatic carbocycles. The smallest absolute Gasteiger partial charge is 0.314 e. The van der Waals surface area contributed by atoms with Crippen LogP contribution in [0.5, 0.6) is 0 Å². The lowest BCUT2D eigenvalue weighted by atomic mass is 9.74. The first kappa shape index (κ1) is 18.5. The number of hydrogen-bond donors (Lipinski definition) is 1. The summed E-state index contributed by atoms with van der Waals surface area (Å²) in [6, 6.07) is 6.60. The molecule has 0 fully saturated rings. The third-order valence-corrected chi connectivity index (χ3v) is 3.60. The van der Waals surface area contributed by atoms with Crippen molar-refractivity contribution in [3.05, 3.63) is 34.9 Å². The van der Waals surface area contributed by atoms with Crippen LogP contribution in [0.15, 0.2) is 24.3 Å². The molecule has 0 unspecified atom stereocenters. The molecule has 0 saturated heterocycles. The van der Waals surface area contributed by atoms with Gasteiger partial charge in [0.25, 0.3) is 0 Å². The molecular weight excluding hydrogens is 304 g/mol. The van der Waals surface area contributed by atoms with Crippen LogP contribution in [-0.2, 0) is 19.7 Å². The molecule has 1 atom stereocenters. The molecule has 0 aliphatic rings. The number of carboxylic acid groups (broad SMARTS) is 1. The molecule has 1 rings (SSSR count). The zero-order valence-corrected chi connectivity index (χ0v) is 14.2. The van der Waals surface area contributed by atoms with Crippen molar-refractivity contribution in [3.63, 3.8) is 0 Å². The van der Waals surface area contributed by atoms with E-state index in [0.29, 0.717) is 23.4 Å². The normalized spacial score (nSPS) is 14.2. The summed E-state index contributed by atoms with van der Waals surface area (Å²) < 4.78 is 5.31. The minimum absolute atomic E-state index is 0.199. The molecule has 0 amide bonds. The van der Waals surface area contributed by atoms with E-state index in [2.05, 4.69) is 0 Å². The Morgan fingerprint density at radius 2 is 1.73 bits per heavy atom. The Balaban J connectivity index is 3.19. The van der Waals surface area contributed by atoms with Crippen LogP contribution < -0.4 is 0 Å². The van der Waals surface area contributed by atoms with Crippen LogP contribution in [0.3, 0.4) is 0 Å². The van der Waals surface area contributed by atoms with Crippen LogP contribution in [0.25, 0.3) is 0 Å². The summed E-state index contributed by atoms with van der Waals surface area (Å²) in [7, 11) is 0. The molecule has 4 nitrogen and oxygen atoms in total. The fourth-order valence-corrected chi connectivity index (χ4v) is 2.59. The van der Waals surface area contributed by atoms with Gasteiger partial charge in [-0.3, -0.25) is 9.59 Å². The summed E-state index contributed by atoms with van der Waals surface area (Å²) in [5.74, 6) is -1.54. The van der Waals surface area contributed by atoms with Gasteiger partial charge in [-0.2, -0.15) is 0 Å². The van der Waals surface area contributed by atoms with E-state index in [1.165, 1.54) is 0 Å². The Labute approximate surface area is 136 Å². The highest BCUT2D eigenvalue weighted by molar-refractivity contribution is 6.30. The Hall–Kier alpha value is -1.55. The molecule has 0 spiro atoms. The standard InChI is InChI=1S/C17H23ClO4/c1-5-10-17(15(20)21,11-14(19)22-16(2,3)4)12-6-8-13(18)9-7-12/h6-9H,5,10-11H2,1-4H3,(H,20,21)/t17-/m1/s1. The zero-order chi connectivity index (χ0) is 17.0. The van der Waals surface area contributed by atoms with Gasteiger partial charge in [-0.15, -0.1) is 0 Å². The fraction of sp³-hybridized carbons (Fsp3) is 0.529. The molecular formula is C17H23ClO4. The van der Waals surface area contributed by atoms with E-state index in [0.717, 1.165) is 0 Å². The van der Waals surface area contributed by atoms with Crippen LogP contribution in [-0.4, -0.2) is 22.6 Å². The Morgan fingerprint density at radius 3 is 2.14 bits per heavy atom. The van der Waals surface area contributed by atoms with E-state index in [1.807, 2.05) is 6.92 Å². The second kappa shape index (κ2) is 7.14. The molecule has 0 radical (unpaired) electrons. The van der Waals surface area contributed by atoms with Crippen LogP contribution in [0, 0.1) is 0 Å². The van der Waals surface area contributed by atoms with Gasteiger partial charge in [0.1, 0.15) is 11.0 Å². The first-order valence-electron chi connectivity index (χ1n) is 7.32. The number of benzene rings is 1. The minimum Gasteiger partial charge on any atom is -0.481 e. The number of esters is 1. The van der Waals surface area contributed by atoms with Gasteiger partial charge < -0.3 is 9.84 Å². The number of halogens is 1. The number of aliphatic carboxylic acids is 1. The fourth-order valence-electron chi connectivity index (χ4n) is 2.46. The van der Waals surface area contributed by atoms with Crippen molar-refractivity contribution >= 4 is 23.5 Å². The number of carbonyl (C=O) groups excluding carboxylic acids is 1. The highest BCUT2D eigenvalue weighted by Crippen LogP contribution is 2.35. The van der Waals surface area contributed by atoms with E-state index in [1.54, 1.807) is 45.0 Å². The summed E-state index contributed by atoms with van der Waals surface area (Å²) in [6.45, 7) is 7.17.